The molecule has 1 aliphatic rings. The monoisotopic (exact) mass is 580 g/mol. The minimum atomic E-state index is -3.84. The van der Waals surface area contributed by atoms with Crippen LogP contribution in [0.5, 0.6) is 5.75 Å². The molecule has 2 aromatic rings. The number of urea groups is 1. The molecule has 0 radical (unpaired) electrons. The van der Waals surface area contributed by atoms with Gasteiger partial charge in [-0.25, -0.2) is 13.2 Å². The molecule has 0 aliphatic carbocycles. The van der Waals surface area contributed by atoms with E-state index in [1.165, 1.54) is 35.6 Å². The van der Waals surface area contributed by atoms with Gasteiger partial charge in [0.1, 0.15) is 11.9 Å². The quantitative estimate of drug-likeness (QED) is 0.439. The van der Waals surface area contributed by atoms with E-state index < -0.39 is 22.2 Å². The molecule has 214 valence electrons. The van der Waals surface area contributed by atoms with Crippen LogP contribution in [0, 0.1) is 5.92 Å². The summed E-state index contributed by atoms with van der Waals surface area (Å²) in [5, 5.41) is 15.8. The van der Waals surface area contributed by atoms with E-state index >= 15 is 0 Å². The SMILES string of the molecule is CC(C)NC(=O)Nc1ccc2c(c1)CC(=O)N([C@H](C)CO)C[C@H](C)[C@H](CN(C)S(=O)(=O)c1ccc(Cl)cc1)O2. The van der Waals surface area contributed by atoms with Gasteiger partial charge in [-0.1, -0.05) is 18.5 Å². The number of rotatable bonds is 8. The van der Waals surface area contributed by atoms with Gasteiger partial charge < -0.3 is 25.4 Å². The summed E-state index contributed by atoms with van der Waals surface area (Å²) in [6.07, 6.45) is -0.641. The maximum atomic E-state index is 13.4. The molecule has 0 bridgehead atoms. The standard InChI is InChI=1S/C27H37ClN4O6S/c1-17(2)29-27(35)30-22-8-11-24-20(12-22)13-26(34)32(19(4)16-33)14-18(3)25(38-24)15-31(5)39(36,37)23-9-6-21(28)7-10-23/h6-12,17-19,25,33H,13-16H2,1-5H3,(H2,29,30,35)/t18-,19+,25-/m0/s1. The van der Waals surface area contributed by atoms with Gasteiger partial charge >= 0.3 is 6.03 Å². The van der Waals surface area contributed by atoms with Gasteiger partial charge in [0.2, 0.25) is 15.9 Å². The largest absolute Gasteiger partial charge is 0.488 e. The molecule has 1 aliphatic heterocycles. The number of aliphatic hydroxyl groups excluding tert-OH is 1. The van der Waals surface area contributed by atoms with Crippen molar-refractivity contribution in [3.63, 3.8) is 0 Å². The maximum Gasteiger partial charge on any atom is 0.319 e. The van der Waals surface area contributed by atoms with Gasteiger partial charge in [-0.05, 0) is 63.2 Å². The predicted octanol–water partition coefficient (Wildman–Crippen LogP) is 3.34. The number of carbonyl (C=O) groups is 2. The molecule has 10 nitrogen and oxygen atoms in total. The summed E-state index contributed by atoms with van der Waals surface area (Å²) in [6.45, 7) is 7.38. The van der Waals surface area contributed by atoms with Crippen molar-refractivity contribution in [2.45, 2.75) is 57.2 Å². The highest BCUT2D eigenvalue weighted by Crippen LogP contribution is 2.30. The molecule has 0 saturated heterocycles. The molecule has 0 fully saturated rings. The number of halogens is 1. The zero-order chi connectivity index (χ0) is 28.9. The molecule has 0 aromatic heterocycles. The fourth-order valence-electron chi connectivity index (χ4n) is 4.29. The Kier molecular flexibility index (Phi) is 10.2. The third kappa shape index (κ3) is 7.84. The second kappa shape index (κ2) is 13.0. The minimum absolute atomic E-state index is 0.0118. The highest BCUT2D eigenvalue weighted by molar-refractivity contribution is 7.89. The van der Waals surface area contributed by atoms with Gasteiger partial charge in [0, 0.05) is 41.8 Å². The third-order valence-electron chi connectivity index (χ3n) is 6.55. The fourth-order valence-corrected chi connectivity index (χ4v) is 5.60. The minimum Gasteiger partial charge on any atom is -0.488 e. The number of carbonyl (C=O) groups excluding carboxylic acids is 2. The molecule has 39 heavy (non-hydrogen) atoms. The Morgan fingerprint density at radius 1 is 1.21 bits per heavy atom. The van der Waals surface area contributed by atoms with Crippen LogP contribution < -0.4 is 15.4 Å². The first kappa shape index (κ1) is 30.7. The Labute approximate surface area is 235 Å². The highest BCUT2D eigenvalue weighted by atomic mass is 35.5. The van der Waals surface area contributed by atoms with Crippen LogP contribution in [-0.2, 0) is 21.2 Å². The lowest BCUT2D eigenvalue weighted by molar-refractivity contribution is -0.134. The number of benzene rings is 2. The lowest BCUT2D eigenvalue weighted by Crippen LogP contribution is -2.48. The number of hydrogen-bond acceptors (Lipinski definition) is 6. The van der Waals surface area contributed by atoms with Gasteiger partial charge in [0.25, 0.3) is 0 Å². The fraction of sp³-hybridized carbons (Fsp3) is 0.481. The molecule has 0 saturated carbocycles. The van der Waals surface area contributed by atoms with Crippen LogP contribution in [0.1, 0.15) is 33.3 Å². The molecule has 0 unspecified atom stereocenters. The van der Waals surface area contributed by atoms with Gasteiger partial charge in [-0.2, -0.15) is 4.31 Å². The summed E-state index contributed by atoms with van der Waals surface area (Å²) < 4.78 is 34.2. The first-order valence-electron chi connectivity index (χ1n) is 12.8. The van der Waals surface area contributed by atoms with E-state index in [2.05, 4.69) is 10.6 Å². The van der Waals surface area contributed by atoms with Gasteiger partial charge in [0.15, 0.2) is 0 Å². The van der Waals surface area contributed by atoms with E-state index in [-0.39, 0.29) is 54.9 Å². The Morgan fingerprint density at radius 2 is 1.87 bits per heavy atom. The molecule has 3 rings (SSSR count). The van der Waals surface area contributed by atoms with E-state index in [1.807, 2.05) is 20.8 Å². The molecule has 3 atom stereocenters. The van der Waals surface area contributed by atoms with Gasteiger partial charge in [-0.15, -0.1) is 0 Å². The van der Waals surface area contributed by atoms with Crippen LogP contribution in [0.25, 0.3) is 0 Å². The third-order valence-corrected chi connectivity index (χ3v) is 8.64. The smallest absolute Gasteiger partial charge is 0.319 e. The van der Waals surface area contributed by atoms with E-state index in [0.717, 1.165) is 0 Å². The second-order valence-electron chi connectivity index (χ2n) is 10.2. The number of amides is 3. The van der Waals surface area contributed by atoms with E-state index in [4.69, 9.17) is 16.3 Å². The Hall–Kier alpha value is -2.86. The van der Waals surface area contributed by atoms with Crippen LogP contribution in [0.2, 0.25) is 5.02 Å². The van der Waals surface area contributed by atoms with Crippen LogP contribution in [0.3, 0.4) is 0 Å². The number of sulfonamides is 1. The number of likely N-dealkylation sites (N-methyl/N-ethyl adjacent to an activating group) is 1. The molecule has 12 heteroatoms. The summed E-state index contributed by atoms with van der Waals surface area (Å²) in [4.78, 5) is 27.3. The second-order valence-corrected chi connectivity index (χ2v) is 12.7. The Bertz CT molecular complexity index is 1270. The number of anilines is 1. The van der Waals surface area contributed by atoms with Gasteiger partial charge in [-0.3, -0.25) is 4.79 Å². The van der Waals surface area contributed by atoms with E-state index in [0.29, 0.717) is 22.0 Å². The zero-order valence-electron chi connectivity index (χ0n) is 22.8. The summed E-state index contributed by atoms with van der Waals surface area (Å²) >= 11 is 5.93. The number of fused-ring (bicyclic) bond motifs is 1. The highest BCUT2D eigenvalue weighted by Gasteiger charge is 2.33. The van der Waals surface area contributed by atoms with Crippen molar-refractivity contribution in [1.29, 1.82) is 0 Å². The zero-order valence-corrected chi connectivity index (χ0v) is 24.4. The number of hydrogen-bond donors (Lipinski definition) is 3. The first-order chi connectivity index (χ1) is 18.3. The van der Waals surface area contributed by atoms with Crippen molar-refractivity contribution < 1.29 is 27.9 Å². The topological polar surface area (TPSA) is 128 Å². The summed E-state index contributed by atoms with van der Waals surface area (Å²) in [6, 6.07) is 10.1. The van der Waals surface area contributed by atoms with Crippen molar-refractivity contribution in [2.75, 3.05) is 32.1 Å². The number of nitrogens with zero attached hydrogens (tertiary/aromatic N) is 2. The molecule has 3 amide bonds. The molecule has 3 N–H and O–H groups in total. The lowest BCUT2D eigenvalue weighted by atomic mass is 10.0. The summed E-state index contributed by atoms with van der Waals surface area (Å²) in [5.41, 5.74) is 1.02. The van der Waals surface area contributed by atoms with Gasteiger partial charge in [0.05, 0.1) is 30.5 Å². The predicted molar refractivity (Wildman–Crippen MR) is 151 cm³/mol. The Balaban J connectivity index is 1.95. The maximum absolute atomic E-state index is 13.4. The number of aliphatic hydroxyl groups is 1. The summed E-state index contributed by atoms with van der Waals surface area (Å²) in [5.74, 6) is -0.0722. The van der Waals surface area contributed by atoms with Crippen molar-refractivity contribution in [2.24, 2.45) is 5.92 Å². The molecular weight excluding hydrogens is 544 g/mol. The van der Waals surface area contributed by atoms with Crippen LogP contribution >= 0.6 is 11.6 Å². The van der Waals surface area contributed by atoms with Crippen molar-refractivity contribution in [1.82, 2.24) is 14.5 Å². The molecule has 2 aromatic carbocycles. The van der Waals surface area contributed by atoms with E-state index in [9.17, 15) is 23.1 Å². The normalized spacial score (nSPS) is 19.0. The van der Waals surface area contributed by atoms with Crippen molar-refractivity contribution in [3.05, 3.63) is 53.1 Å². The number of nitrogens with one attached hydrogen (secondary N) is 2. The van der Waals surface area contributed by atoms with Crippen LogP contribution in [0.4, 0.5) is 10.5 Å². The number of ether oxygens (including phenoxy) is 1. The van der Waals surface area contributed by atoms with Crippen molar-refractivity contribution >= 4 is 39.2 Å². The first-order valence-corrected chi connectivity index (χ1v) is 14.6. The molecule has 0 spiro atoms. The lowest BCUT2D eigenvalue weighted by Gasteiger charge is -2.33. The average molecular weight is 581 g/mol. The Morgan fingerprint density at radius 3 is 2.49 bits per heavy atom. The van der Waals surface area contributed by atoms with Crippen LogP contribution in [0.15, 0.2) is 47.4 Å². The average Bonchev–Trinajstić information content (AvgIpc) is 2.91. The molecular formula is C27H37ClN4O6S. The van der Waals surface area contributed by atoms with Crippen molar-refractivity contribution in [3.8, 4) is 5.75 Å². The summed E-state index contributed by atoms with van der Waals surface area (Å²) in [7, 11) is -2.36. The molecule has 1 heterocycles. The van der Waals surface area contributed by atoms with E-state index in [1.54, 1.807) is 30.0 Å². The van der Waals surface area contributed by atoms with Crippen LogP contribution in [-0.4, -0.2) is 79.6 Å².